The van der Waals surface area contributed by atoms with Gasteiger partial charge in [0.15, 0.2) is 0 Å². The molecular formula is C38H43ClF3N7O9. The van der Waals surface area contributed by atoms with Gasteiger partial charge in [-0.1, -0.05) is 18.5 Å². The van der Waals surface area contributed by atoms with Gasteiger partial charge in [-0.3, -0.25) is 24.0 Å². The fourth-order valence-corrected chi connectivity index (χ4v) is 7.85. The van der Waals surface area contributed by atoms with E-state index >= 15 is 0 Å². The van der Waals surface area contributed by atoms with Crippen LogP contribution in [0.1, 0.15) is 38.7 Å². The van der Waals surface area contributed by atoms with Gasteiger partial charge in [-0.25, -0.2) is 22.8 Å². The lowest BCUT2D eigenvalue weighted by Gasteiger charge is -2.39. The van der Waals surface area contributed by atoms with Crippen molar-refractivity contribution in [3.8, 4) is 0 Å². The summed E-state index contributed by atoms with van der Waals surface area (Å²) >= 11 is 5.81. The van der Waals surface area contributed by atoms with Crippen LogP contribution >= 0.6 is 11.6 Å². The Labute approximate surface area is 336 Å². The molecule has 0 aliphatic carbocycles. The van der Waals surface area contributed by atoms with Gasteiger partial charge in [0, 0.05) is 37.1 Å². The Morgan fingerprint density at radius 1 is 0.897 bits per heavy atom. The second kappa shape index (κ2) is 18.0. The number of benzene rings is 2. The van der Waals surface area contributed by atoms with Crippen LogP contribution in [0, 0.1) is 23.4 Å². The van der Waals surface area contributed by atoms with Gasteiger partial charge in [0.05, 0.1) is 18.9 Å². The first-order valence-electron chi connectivity index (χ1n) is 18.8. The standard InChI is InChI=1S/C38H43ClF3N7O9/c1-19-10-30-37(55)58-17-28(44-32(50)27(13-21-11-23(40)15-24(41)12-21)46-38(56)45-26-6-5-22(39)14-25(26)42)35(53)47-7-3-4-29(47)36(54)48-8-9-57-18-31(48)33(51)43-20(2)34(52)49(30)16-19/h5-6,11-12,14-15,19-20,27-31H,3-4,7-10,13,16-18H2,1-2H3,(H,43,51)(H,44,50)(H2,45,46,56)/t19-,20+,27+,28+,29+,30+,31+/m1/s1. The number of ether oxygens (including phenoxy) is 2. The molecule has 2 aromatic carbocycles. The summed E-state index contributed by atoms with van der Waals surface area (Å²) in [5.41, 5.74) is -0.389. The molecule has 0 unspecified atom stereocenters. The average Bonchev–Trinajstić information content (AvgIpc) is 3.83. The molecule has 4 fully saturated rings. The molecule has 6 rings (SSSR count). The summed E-state index contributed by atoms with van der Waals surface area (Å²) in [5, 5.41) is 9.77. The van der Waals surface area contributed by atoms with E-state index in [0.29, 0.717) is 12.5 Å². The number of urea groups is 1. The normalized spacial score (nSPS) is 26.2. The number of nitrogens with one attached hydrogen (secondary N) is 4. The fraction of sp³-hybridized carbons (Fsp3) is 0.500. The third-order valence-corrected chi connectivity index (χ3v) is 10.7. The number of hydrogen-bond donors (Lipinski definition) is 4. The maximum atomic E-state index is 14.5. The van der Waals surface area contributed by atoms with E-state index < -0.39 is 108 Å². The molecule has 0 spiro atoms. The first-order valence-corrected chi connectivity index (χ1v) is 19.2. The Morgan fingerprint density at radius 3 is 2.34 bits per heavy atom. The molecular weight excluding hydrogens is 791 g/mol. The van der Waals surface area contributed by atoms with Gasteiger partial charge in [0.25, 0.3) is 0 Å². The number of hydrogen-bond acceptors (Lipinski definition) is 9. The van der Waals surface area contributed by atoms with Crippen LogP contribution in [0.25, 0.3) is 0 Å². The minimum absolute atomic E-state index is 0.0112. The maximum absolute atomic E-state index is 14.5. The zero-order chi connectivity index (χ0) is 41.8. The van der Waals surface area contributed by atoms with Crippen LogP contribution in [0.2, 0.25) is 5.02 Å². The molecule has 4 aliphatic rings. The summed E-state index contributed by atoms with van der Waals surface area (Å²) in [4.78, 5) is 101. The van der Waals surface area contributed by atoms with Crippen LogP contribution in [0.3, 0.4) is 0 Å². The molecule has 0 bridgehead atoms. The second-order valence-electron chi connectivity index (χ2n) is 14.8. The Bertz CT molecular complexity index is 1960. The van der Waals surface area contributed by atoms with E-state index in [1.54, 1.807) is 0 Å². The molecule has 16 nitrogen and oxygen atoms in total. The summed E-state index contributed by atoms with van der Waals surface area (Å²) in [6.45, 7) is 2.65. The lowest BCUT2D eigenvalue weighted by atomic mass is 10.0. The van der Waals surface area contributed by atoms with Gasteiger partial charge in [-0.05, 0) is 68.0 Å². The van der Waals surface area contributed by atoms with Crippen LogP contribution in [0.4, 0.5) is 23.7 Å². The van der Waals surface area contributed by atoms with Crippen molar-refractivity contribution in [3.63, 3.8) is 0 Å². The lowest BCUT2D eigenvalue weighted by molar-refractivity contribution is -0.160. The van der Waals surface area contributed by atoms with Crippen molar-refractivity contribution >= 4 is 58.8 Å². The van der Waals surface area contributed by atoms with Crippen molar-refractivity contribution in [3.05, 3.63) is 64.4 Å². The lowest BCUT2D eigenvalue weighted by Crippen LogP contribution is -2.63. The van der Waals surface area contributed by atoms with E-state index in [0.717, 1.165) is 18.2 Å². The molecule has 4 N–H and O–H groups in total. The summed E-state index contributed by atoms with van der Waals surface area (Å²) in [6, 6.07) is -3.04. The average molecular weight is 834 g/mol. The second-order valence-corrected chi connectivity index (χ2v) is 15.3. The van der Waals surface area contributed by atoms with Gasteiger partial charge in [0.1, 0.15) is 60.3 Å². The van der Waals surface area contributed by atoms with Crippen LogP contribution in [-0.4, -0.2) is 132 Å². The number of nitrogens with zero attached hydrogens (tertiary/aromatic N) is 3. The fourth-order valence-electron chi connectivity index (χ4n) is 7.69. The molecule has 0 aromatic heterocycles. The summed E-state index contributed by atoms with van der Waals surface area (Å²) in [7, 11) is 0. The molecule has 4 saturated heterocycles. The highest BCUT2D eigenvalue weighted by Gasteiger charge is 2.46. The number of rotatable bonds is 6. The van der Waals surface area contributed by atoms with E-state index in [9.17, 15) is 46.7 Å². The van der Waals surface area contributed by atoms with E-state index in [1.165, 1.54) is 33.8 Å². The molecule has 20 heteroatoms. The molecule has 4 heterocycles. The number of halogens is 4. The number of cyclic esters (lactones) is 1. The van der Waals surface area contributed by atoms with Gasteiger partial charge in [0.2, 0.25) is 29.5 Å². The summed E-state index contributed by atoms with van der Waals surface area (Å²) in [6.07, 6.45) is 0.221. The van der Waals surface area contributed by atoms with Crippen LogP contribution < -0.4 is 21.3 Å². The van der Waals surface area contributed by atoms with Crippen molar-refractivity contribution in [2.45, 2.75) is 75.8 Å². The zero-order valence-corrected chi connectivity index (χ0v) is 32.4. The third kappa shape index (κ3) is 9.63. The van der Waals surface area contributed by atoms with Crippen LogP contribution in [0.15, 0.2) is 36.4 Å². The predicted octanol–water partition coefficient (Wildman–Crippen LogP) is 1.49. The number of anilines is 1. The van der Waals surface area contributed by atoms with Crippen molar-refractivity contribution in [2.24, 2.45) is 5.92 Å². The molecule has 4 aliphatic heterocycles. The van der Waals surface area contributed by atoms with E-state index in [2.05, 4.69) is 21.3 Å². The molecule has 2 aromatic rings. The third-order valence-electron chi connectivity index (χ3n) is 10.5. The minimum Gasteiger partial charge on any atom is -0.461 e. The molecule has 312 valence electrons. The summed E-state index contributed by atoms with van der Waals surface area (Å²) in [5.74, 6) is -7.64. The topological polar surface area (TPSA) is 196 Å². The Hall–Kier alpha value is -5.43. The quantitative estimate of drug-likeness (QED) is 0.312. The zero-order valence-electron chi connectivity index (χ0n) is 31.6. The smallest absolute Gasteiger partial charge is 0.328 e. The number of esters is 1. The van der Waals surface area contributed by atoms with Gasteiger partial charge >= 0.3 is 12.0 Å². The SMILES string of the molecule is C[C@@H]1C[C@H]2C(=O)OC[C@H](NC(=O)[C@H](Cc3cc(F)cc(F)c3)NC(=O)Nc3ccc(Cl)cc3F)C(=O)N3CCC[C@H]3C(=O)N3CCOC[C@H]3C(=O)N[C@@H](C)C(=O)N2C1. The van der Waals surface area contributed by atoms with Crippen LogP contribution in [-0.2, 0) is 44.7 Å². The molecule has 7 amide bonds. The number of carbonyl (C=O) groups is 7. The number of carbonyl (C=O) groups excluding carboxylic acids is 7. The van der Waals surface area contributed by atoms with Crippen LogP contribution in [0.5, 0.6) is 0 Å². The van der Waals surface area contributed by atoms with Crippen molar-refractivity contribution < 1.29 is 56.2 Å². The number of morpholine rings is 1. The first kappa shape index (κ1) is 42.2. The highest BCUT2D eigenvalue weighted by molar-refractivity contribution is 6.30. The predicted molar refractivity (Wildman–Crippen MR) is 198 cm³/mol. The summed E-state index contributed by atoms with van der Waals surface area (Å²) < 4.78 is 54.2. The Balaban J connectivity index is 1.32. The maximum Gasteiger partial charge on any atom is 0.328 e. The molecule has 7 atom stereocenters. The van der Waals surface area contributed by atoms with Gasteiger partial charge < -0.3 is 45.4 Å². The van der Waals surface area contributed by atoms with Crippen molar-refractivity contribution in [2.75, 3.05) is 44.8 Å². The molecule has 0 radical (unpaired) electrons. The Morgan fingerprint density at radius 2 is 1.62 bits per heavy atom. The number of amides is 7. The van der Waals surface area contributed by atoms with E-state index in [-0.39, 0.29) is 67.9 Å². The number of fused-ring (bicyclic) bond motifs is 3. The largest absolute Gasteiger partial charge is 0.461 e. The molecule has 58 heavy (non-hydrogen) atoms. The monoisotopic (exact) mass is 833 g/mol. The minimum atomic E-state index is -1.69. The van der Waals surface area contributed by atoms with Crippen molar-refractivity contribution in [1.29, 1.82) is 0 Å². The Kier molecular flexibility index (Phi) is 13.1. The van der Waals surface area contributed by atoms with Gasteiger partial charge in [-0.2, -0.15) is 0 Å². The van der Waals surface area contributed by atoms with E-state index in [1.807, 2.05) is 6.92 Å². The van der Waals surface area contributed by atoms with Crippen molar-refractivity contribution in [1.82, 2.24) is 30.7 Å². The highest BCUT2D eigenvalue weighted by atomic mass is 35.5. The molecule has 0 saturated carbocycles. The highest BCUT2D eigenvalue weighted by Crippen LogP contribution is 2.27. The van der Waals surface area contributed by atoms with Gasteiger partial charge in [-0.15, -0.1) is 0 Å². The first-order chi connectivity index (χ1) is 27.6. The van der Waals surface area contributed by atoms with E-state index in [4.69, 9.17) is 21.1 Å².